The summed E-state index contributed by atoms with van der Waals surface area (Å²) in [6, 6.07) is 0. The van der Waals surface area contributed by atoms with E-state index in [1.165, 1.54) is 0 Å². The Kier molecular flexibility index (Phi) is 3.97. The first-order valence-electron chi connectivity index (χ1n) is 7.26. The molecule has 1 spiro atoms. The van der Waals surface area contributed by atoms with Gasteiger partial charge in [-0.05, 0) is 38.8 Å². The minimum Gasteiger partial charge on any atom is -0.324 e. The average molecular weight is 253 g/mol. The lowest BCUT2D eigenvalue weighted by molar-refractivity contribution is -0.131. The molecule has 1 N–H and O–H groups in total. The third-order valence-corrected chi connectivity index (χ3v) is 4.20. The zero-order chi connectivity index (χ0) is 13.3. The zero-order valence-corrected chi connectivity index (χ0v) is 12.2. The number of hydrogen-bond acceptors (Lipinski definition) is 3. The molecule has 2 aliphatic rings. The van der Waals surface area contributed by atoms with Crippen molar-refractivity contribution in [3.63, 3.8) is 0 Å². The maximum absolute atomic E-state index is 12.4. The first-order chi connectivity index (χ1) is 8.48. The Morgan fingerprint density at radius 2 is 2.17 bits per heavy atom. The molecule has 104 valence electrons. The van der Waals surface area contributed by atoms with Gasteiger partial charge in [0.2, 0.25) is 5.91 Å². The number of amides is 1. The highest BCUT2D eigenvalue weighted by molar-refractivity contribution is 5.91. The fourth-order valence-corrected chi connectivity index (χ4v) is 2.68. The summed E-state index contributed by atoms with van der Waals surface area (Å²) in [6.07, 6.45) is 3.37. The van der Waals surface area contributed by atoms with Gasteiger partial charge in [-0.1, -0.05) is 20.8 Å². The van der Waals surface area contributed by atoms with Gasteiger partial charge < -0.3 is 9.80 Å². The second-order valence-corrected chi connectivity index (χ2v) is 6.27. The molecule has 1 aliphatic heterocycles. The first-order valence-corrected chi connectivity index (χ1v) is 7.26. The minimum atomic E-state index is -0.162. The van der Waals surface area contributed by atoms with E-state index in [1.807, 2.05) is 0 Å². The molecule has 0 aromatic heterocycles. The molecule has 2 rings (SSSR count). The molecule has 0 bridgehead atoms. The van der Waals surface area contributed by atoms with Crippen LogP contribution in [0.4, 0.5) is 0 Å². The maximum atomic E-state index is 12.4. The standard InChI is InChI=1S/C14H27N3O/c1-5-16(4)8-9-17-12(10-11(2)3)15-14(6-7-14)13(17)18/h11-12,15H,5-10H2,1-4H3. The third-order valence-electron chi connectivity index (χ3n) is 4.20. The van der Waals surface area contributed by atoms with Gasteiger partial charge in [-0.15, -0.1) is 0 Å². The van der Waals surface area contributed by atoms with E-state index in [9.17, 15) is 4.79 Å². The molecule has 4 nitrogen and oxygen atoms in total. The molecular formula is C14H27N3O. The SMILES string of the molecule is CCN(C)CCN1C(=O)C2(CC2)NC1CC(C)C. The van der Waals surface area contributed by atoms with E-state index in [4.69, 9.17) is 0 Å². The number of nitrogens with one attached hydrogen (secondary N) is 1. The van der Waals surface area contributed by atoms with Crippen molar-refractivity contribution in [1.29, 1.82) is 0 Å². The molecule has 4 heteroatoms. The van der Waals surface area contributed by atoms with E-state index in [0.717, 1.165) is 38.9 Å². The van der Waals surface area contributed by atoms with Gasteiger partial charge in [0.05, 0.1) is 11.7 Å². The van der Waals surface area contributed by atoms with Crippen LogP contribution in [0.2, 0.25) is 0 Å². The lowest BCUT2D eigenvalue weighted by Crippen LogP contribution is -2.42. The van der Waals surface area contributed by atoms with Crippen LogP contribution in [0.3, 0.4) is 0 Å². The molecule has 1 aliphatic carbocycles. The van der Waals surface area contributed by atoms with Gasteiger partial charge in [-0.3, -0.25) is 10.1 Å². The Morgan fingerprint density at radius 3 is 2.67 bits per heavy atom. The lowest BCUT2D eigenvalue weighted by atomic mass is 10.1. The summed E-state index contributed by atoms with van der Waals surface area (Å²) < 4.78 is 0. The molecule has 0 aromatic rings. The summed E-state index contributed by atoms with van der Waals surface area (Å²) >= 11 is 0. The fourth-order valence-electron chi connectivity index (χ4n) is 2.68. The largest absolute Gasteiger partial charge is 0.324 e. The van der Waals surface area contributed by atoms with Crippen molar-refractivity contribution in [2.75, 3.05) is 26.7 Å². The van der Waals surface area contributed by atoms with E-state index < -0.39 is 0 Å². The van der Waals surface area contributed by atoms with Crippen LogP contribution >= 0.6 is 0 Å². The highest BCUT2D eigenvalue weighted by atomic mass is 16.2. The van der Waals surface area contributed by atoms with Crippen molar-refractivity contribution in [2.24, 2.45) is 5.92 Å². The highest BCUT2D eigenvalue weighted by Crippen LogP contribution is 2.42. The van der Waals surface area contributed by atoms with Crippen LogP contribution in [0.15, 0.2) is 0 Å². The van der Waals surface area contributed by atoms with E-state index in [2.05, 4.69) is 42.9 Å². The summed E-state index contributed by atoms with van der Waals surface area (Å²) in [4.78, 5) is 16.8. The molecule has 1 atom stereocenters. The first kappa shape index (κ1) is 13.8. The molecule has 1 saturated heterocycles. The molecule has 2 fully saturated rings. The normalized spacial score (nSPS) is 25.8. The predicted molar refractivity (Wildman–Crippen MR) is 73.2 cm³/mol. The van der Waals surface area contributed by atoms with Crippen LogP contribution in [0.1, 0.15) is 40.0 Å². The van der Waals surface area contributed by atoms with E-state index in [-0.39, 0.29) is 11.7 Å². The monoisotopic (exact) mass is 253 g/mol. The van der Waals surface area contributed by atoms with E-state index in [1.54, 1.807) is 0 Å². The molecule has 1 heterocycles. The third kappa shape index (κ3) is 2.69. The molecule has 1 amide bonds. The smallest absolute Gasteiger partial charge is 0.244 e. The van der Waals surface area contributed by atoms with Crippen molar-refractivity contribution >= 4 is 5.91 Å². The van der Waals surface area contributed by atoms with Gasteiger partial charge in [-0.2, -0.15) is 0 Å². The number of carbonyl (C=O) groups excluding carboxylic acids is 1. The number of nitrogens with zero attached hydrogens (tertiary/aromatic N) is 2. The molecule has 0 radical (unpaired) electrons. The molecule has 0 aromatic carbocycles. The predicted octanol–water partition coefficient (Wildman–Crippen LogP) is 1.27. The van der Waals surface area contributed by atoms with Crippen molar-refractivity contribution in [3.05, 3.63) is 0 Å². The molecular weight excluding hydrogens is 226 g/mol. The number of hydrogen-bond donors (Lipinski definition) is 1. The Hall–Kier alpha value is -0.610. The van der Waals surface area contributed by atoms with E-state index >= 15 is 0 Å². The van der Waals surface area contributed by atoms with Crippen molar-refractivity contribution < 1.29 is 4.79 Å². The zero-order valence-electron chi connectivity index (χ0n) is 12.2. The average Bonchev–Trinajstić information content (AvgIpc) is 3.03. The summed E-state index contributed by atoms with van der Waals surface area (Å²) in [7, 11) is 2.11. The summed E-state index contributed by atoms with van der Waals surface area (Å²) in [5.74, 6) is 0.966. The maximum Gasteiger partial charge on any atom is 0.244 e. The van der Waals surface area contributed by atoms with Crippen molar-refractivity contribution in [2.45, 2.75) is 51.7 Å². The van der Waals surface area contributed by atoms with Gasteiger partial charge in [0, 0.05) is 13.1 Å². The molecule has 1 unspecified atom stereocenters. The van der Waals surface area contributed by atoms with Crippen LogP contribution in [0, 0.1) is 5.92 Å². The topological polar surface area (TPSA) is 35.6 Å². The van der Waals surface area contributed by atoms with Gasteiger partial charge in [0.15, 0.2) is 0 Å². The van der Waals surface area contributed by atoms with Crippen LogP contribution in [-0.4, -0.2) is 54.1 Å². The quantitative estimate of drug-likeness (QED) is 0.774. The number of likely N-dealkylation sites (N-methyl/N-ethyl adjacent to an activating group) is 1. The number of carbonyl (C=O) groups is 1. The number of rotatable bonds is 6. The molecule has 18 heavy (non-hydrogen) atoms. The summed E-state index contributed by atoms with van der Waals surface area (Å²) in [5, 5.41) is 3.57. The van der Waals surface area contributed by atoms with Gasteiger partial charge in [0.25, 0.3) is 0 Å². The second-order valence-electron chi connectivity index (χ2n) is 6.27. The minimum absolute atomic E-state index is 0.162. The van der Waals surface area contributed by atoms with Gasteiger partial charge >= 0.3 is 0 Å². The second kappa shape index (κ2) is 5.17. The van der Waals surface area contributed by atoms with E-state index in [0.29, 0.717) is 11.8 Å². The lowest BCUT2D eigenvalue weighted by Gasteiger charge is -2.27. The summed E-state index contributed by atoms with van der Waals surface area (Å²) in [6.45, 7) is 9.46. The van der Waals surface area contributed by atoms with Crippen LogP contribution in [-0.2, 0) is 4.79 Å². The van der Waals surface area contributed by atoms with Crippen LogP contribution < -0.4 is 5.32 Å². The van der Waals surface area contributed by atoms with Crippen LogP contribution in [0.5, 0.6) is 0 Å². The Bertz CT molecular complexity index is 312. The fraction of sp³-hybridized carbons (Fsp3) is 0.929. The molecule has 1 saturated carbocycles. The van der Waals surface area contributed by atoms with Gasteiger partial charge in [0.1, 0.15) is 0 Å². The van der Waals surface area contributed by atoms with Crippen molar-refractivity contribution in [3.8, 4) is 0 Å². The van der Waals surface area contributed by atoms with Crippen molar-refractivity contribution in [1.82, 2.24) is 15.1 Å². The van der Waals surface area contributed by atoms with Crippen LogP contribution in [0.25, 0.3) is 0 Å². The Balaban J connectivity index is 1.97. The highest BCUT2D eigenvalue weighted by Gasteiger charge is 2.58. The summed E-state index contributed by atoms with van der Waals surface area (Å²) in [5.41, 5.74) is -0.162. The Labute approximate surface area is 111 Å². The van der Waals surface area contributed by atoms with Gasteiger partial charge in [-0.25, -0.2) is 0 Å². The Morgan fingerprint density at radius 1 is 1.50 bits per heavy atom.